The molecule has 0 rings (SSSR count). The summed E-state index contributed by atoms with van der Waals surface area (Å²) >= 11 is 0. The van der Waals surface area contributed by atoms with Crippen LogP contribution in [0.25, 0.3) is 0 Å². The number of unbranched alkanes of at least 4 members (excludes halogenated alkanes) is 2. The van der Waals surface area contributed by atoms with Crippen molar-refractivity contribution in [1.29, 1.82) is 0 Å². The zero-order valence-corrected chi connectivity index (χ0v) is 23.5. The van der Waals surface area contributed by atoms with E-state index in [9.17, 15) is 89.4 Å². The van der Waals surface area contributed by atoms with Crippen LogP contribution in [0.15, 0.2) is 25.3 Å². The standard InChI is InChI=1S/C24H22F16O8/c1-3-13(41)45-9-5-7-11-47-15(43)17(25,26)19(29,30)21(33,34)23(37,38)24(39,40)22(35,36)20(31,32)18(27,28)16(44)48-12-8-6-10-46-14(42)4-2/h3-4H,1-2,5-12H2. The minimum Gasteiger partial charge on any atom is -0.463 e. The summed E-state index contributed by atoms with van der Waals surface area (Å²) in [5, 5.41) is 0. The molecule has 0 atom stereocenters. The summed E-state index contributed by atoms with van der Waals surface area (Å²) in [4.78, 5) is 44.2. The maximum Gasteiger partial charge on any atom is 0.410 e. The number of esters is 4. The molecule has 0 unspecified atom stereocenters. The molecule has 0 radical (unpaired) electrons. The van der Waals surface area contributed by atoms with Gasteiger partial charge in [0.1, 0.15) is 0 Å². The van der Waals surface area contributed by atoms with E-state index in [-0.39, 0.29) is 0 Å². The van der Waals surface area contributed by atoms with Crippen molar-refractivity contribution in [2.75, 3.05) is 26.4 Å². The molecule has 0 amide bonds. The van der Waals surface area contributed by atoms with Gasteiger partial charge in [-0.2, -0.15) is 70.2 Å². The first-order valence-corrected chi connectivity index (χ1v) is 12.5. The molecule has 0 fully saturated rings. The fraction of sp³-hybridized carbons (Fsp3) is 0.667. The molecular weight excluding hydrogens is 720 g/mol. The van der Waals surface area contributed by atoms with E-state index in [4.69, 9.17) is 0 Å². The second-order valence-electron chi connectivity index (χ2n) is 9.02. The van der Waals surface area contributed by atoms with Crippen LogP contribution in [-0.2, 0) is 38.1 Å². The van der Waals surface area contributed by atoms with Crippen LogP contribution < -0.4 is 0 Å². The second-order valence-corrected chi connectivity index (χ2v) is 9.02. The van der Waals surface area contributed by atoms with E-state index in [0.717, 1.165) is 0 Å². The van der Waals surface area contributed by atoms with Gasteiger partial charge in [0.25, 0.3) is 0 Å². The van der Waals surface area contributed by atoms with E-state index in [2.05, 4.69) is 32.1 Å². The predicted octanol–water partition coefficient (Wildman–Crippen LogP) is 6.17. The Hall–Kier alpha value is -3.76. The van der Waals surface area contributed by atoms with Crippen LogP contribution in [0.5, 0.6) is 0 Å². The van der Waals surface area contributed by atoms with Gasteiger partial charge in [-0.1, -0.05) is 13.2 Å². The zero-order valence-electron chi connectivity index (χ0n) is 23.5. The summed E-state index contributed by atoms with van der Waals surface area (Å²) in [7, 11) is 0. The van der Waals surface area contributed by atoms with Crippen molar-refractivity contribution in [2.24, 2.45) is 0 Å². The van der Waals surface area contributed by atoms with Crippen molar-refractivity contribution in [2.45, 2.75) is 73.1 Å². The van der Waals surface area contributed by atoms with E-state index in [1.165, 1.54) is 0 Å². The van der Waals surface area contributed by atoms with Gasteiger partial charge in [0.2, 0.25) is 0 Å². The van der Waals surface area contributed by atoms with Gasteiger partial charge in [0, 0.05) is 12.2 Å². The van der Waals surface area contributed by atoms with Gasteiger partial charge in [-0.15, -0.1) is 0 Å². The van der Waals surface area contributed by atoms with Gasteiger partial charge in [-0.05, 0) is 25.7 Å². The molecule has 24 heteroatoms. The van der Waals surface area contributed by atoms with Gasteiger partial charge in [0.15, 0.2) is 0 Å². The second kappa shape index (κ2) is 15.6. The third kappa shape index (κ3) is 8.26. The highest BCUT2D eigenvalue weighted by Gasteiger charge is 2.96. The number of hydrogen-bond acceptors (Lipinski definition) is 8. The normalized spacial score (nSPS) is 13.8. The number of ether oxygens (including phenoxy) is 4. The lowest BCUT2D eigenvalue weighted by molar-refractivity contribution is -0.449. The monoisotopic (exact) mass is 742 g/mol. The summed E-state index contributed by atoms with van der Waals surface area (Å²) in [6.45, 7) is 1.88. The van der Waals surface area contributed by atoms with E-state index >= 15 is 0 Å². The summed E-state index contributed by atoms with van der Waals surface area (Å²) in [5.74, 6) is -75.8. The topological polar surface area (TPSA) is 105 Å². The highest BCUT2D eigenvalue weighted by atomic mass is 19.4. The Bertz CT molecular complexity index is 1100. The molecule has 0 aliphatic heterocycles. The fourth-order valence-electron chi connectivity index (χ4n) is 2.82. The van der Waals surface area contributed by atoms with Crippen molar-refractivity contribution in [3.63, 3.8) is 0 Å². The molecule has 0 aliphatic carbocycles. The largest absolute Gasteiger partial charge is 0.463 e. The van der Waals surface area contributed by atoms with Crippen LogP contribution in [0, 0.1) is 0 Å². The van der Waals surface area contributed by atoms with Crippen molar-refractivity contribution in [3.05, 3.63) is 25.3 Å². The minimum atomic E-state index is -8.84. The third-order valence-corrected chi connectivity index (χ3v) is 5.64. The third-order valence-electron chi connectivity index (χ3n) is 5.64. The number of hydrogen-bond donors (Lipinski definition) is 0. The van der Waals surface area contributed by atoms with E-state index < -0.39 is 123 Å². The van der Waals surface area contributed by atoms with Crippen LogP contribution >= 0.6 is 0 Å². The quantitative estimate of drug-likeness (QED) is 0.0452. The maximum atomic E-state index is 14.0. The van der Waals surface area contributed by atoms with Gasteiger partial charge in [0.05, 0.1) is 26.4 Å². The molecule has 0 aromatic heterocycles. The Balaban J connectivity index is 6.07. The number of carbonyl (C=O) groups is 4. The Kier molecular flexibility index (Phi) is 14.4. The van der Waals surface area contributed by atoms with Crippen LogP contribution in [0.3, 0.4) is 0 Å². The van der Waals surface area contributed by atoms with Crippen LogP contribution in [0.1, 0.15) is 25.7 Å². The lowest BCUT2D eigenvalue weighted by Gasteiger charge is -2.42. The van der Waals surface area contributed by atoms with Gasteiger partial charge >= 0.3 is 71.3 Å². The summed E-state index contributed by atoms with van der Waals surface area (Å²) < 4.78 is 239. The Morgan fingerprint density at radius 2 is 0.604 bits per heavy atom. The molecule has 48 heavy (non-hydrogen) atoms. The number of rotatable bonds is 21. The summed E-state index contributed by atoms with van der Waals surface area (Å²) in [6.07, 6.45) is -0.986. The van der Waals surface area contributed by atoms with Gasteiger partial charge in [-0.3, -0.25) is 0 Å². The van der Waals surface area contributed by atoms with Crippen LogP contribution in [0.4, 0.5) is 70.2 Å². The molecule has 0 N–H and O–H groups in total. The van der Waals surface area contributed by atoms with Crippen molar-refractivity contribution in [1.82, 2.24) is 0 Å². The highest BCUT2D eigenvalue weighted by molar-refractivity contribution is 5.81. The minimum absolute atomic E-state index is 0.427. The van der Waals surface area contributed by atoms with Crippen molar-refractivity contribution < 1.29 is 108 Å². The zero-order chi connectivity index (χ0) is 38.2. The molecule has 0 aromatic rings. The smallest absolute Gasteiger partial charge is 0.410 e. The number of carbonyl (C=O) groups excluding carboxylic acids is 4. The molecule has 0 heterocycles. The van der Waals surface area contributed by atoms with Crippen molar-refractivity contribution >= 4 is 23.9 Å². The molecule has 0 saturated carbocycles. The summed E-state index contributed by atoms with van der Waals surface area (Å²) in [6, 6.07) is 0. The average molecular weight is 742 g/mol. The Morgan fingerprint density at radius 1 is 0.396 bits per heavy atom. The molecule has 0 bridgehead atoms. The molecule has 0 spiro atoms. The lowest BCUT2D eigenvalue weighted by Crippen LogP contribution is -2.75. The van der Waals surface area contributed by atoms with Crippen LogP contribution in [0.2, 0.25) is 0 Å². The average Bonchev–Trinajstić information content (AvgIpc) is 2.98. The maximum absolute atomic E-state index is 14.0. The van der Waals surface area contributed by atoms with Gasteiger partial charge < -0.3 is 18.9 Å². The van der Waals surface area contributed by atoms with E-state index in [0.29, 0.717) is 12.2 Å². The van der Waals surface area contributed by atoms with Crippen molar-refractivity contribution in [3.8, 4) is 0 Å². The van der Waals surface area contributed by atoms with Gasteiger partial charge in [-0.25, -0.2) is 19.2 Å². The molecular formula is C24H22F16O8. The summed E-state index contributed by atoms with van der Waals surface area (Å²) in [5.41, 5.74) is 0. The highest BCUT2D eigenvalue weighted by Crippen LogP contribution is 2.64. The fourth-order valence-corrected chi connectivity index (χ4v) is 2.82. The number of alkyl halides is 16. The molecule has 0 saturated heterocycles. The lowest BCUT2D eigenvalue weighted by atomic mass is 9.87. The van der Waals surface area contributed by atoms with E-state index in [1.54, 1.807) is 0 Å². The molecule has 278 valence electrons. The Morgan fingerprint density at radius 3 is 0.833 bits per heavy atom. The SMILES string of the molecule is C=CC(=O)OCCCCOC(=O)C(F)(F)C(F)(F)C(F)(F)C(F)(F)C(F)(F)C(F)(F)C(F)(F)C(F)(F)C(=O)OCCCCOC(=O)C=C. The molecule has 0 aromatic carbocycles. The van der Waals surface area contributed by atoms with Crippen LogP contribution in [-0.4, -0.2) is 97.7 Å². The Labute approximate surface area is 258 Å². The molecule has 8 nitrogen and oxygen atoms in total. The molecule has 0 aliphatic rings. The first-order chi connectivity index (χ1) is 21.5. The first kappa shape index (κ1) is 44.2. The first-order valence-electron chi connectivity index (χ1n) is 12.5. The predicted molar refractivity (Wildman–Crippen MR) is 122 cm³/mol. The number of halogens is 16. The van der Waals surface area contributed by atoms with E-state index in [1.807, 2.05) is 0 Å².